The van der Waals surface area contributed by atoms with Crippen molar-refractivity contribution in [2.24, 2.45) is 0 Å². The van der Waals surface area contributed by atoms with Crippen LogP contribution in [0.2, 0.25) is 0 Å². The van der Waals surface area contributed by atoms with Gasteiger partial charge in [0.15, 0.2) is 0 Å². The molecule has 6 heteroatoms. The van der Waals surface area contributed by atoms with Crippen LogP contribution in [0, 0.1) is 0 Å². The molecule has 4 aromatic rings. The third-order valence-corrected chi connectivity index (χ3v) is 4.88. The Kier molecular flexibility index (Phi) is 4.99. The molecule has 146 valence electrons. The van der Waals surface area contributed by atoms with Gasteiger partial charge in [0.2, 0.25) is 0 Å². The summed E-state index contributed by atoms with van der Waals surface area (Å²) in [6, 6.07) is 18.5. The molecule has 0 unspecified atom stereocenters. The monoisotopic (exact) mass is 386 g/mol. The molecule has 0 atom stereocenters. The van der Waals surface area contributed by atoms with E-state index in [-0.39, 0.29) is 24.1 Å². The molecular weight excluding hydrogens is 364 g/mol. The Balaban J connectivity index is 1.61. The van der Waals surface area contributed by atoms with Crippen LogP contribution in [0.5, 0.6) is 0 Å². The average Bonchev–Trinajstić information content (AvgIpc) is 3.26. The molecule has 0 aliphatic rings. The molecule has 29 heavy (non-hydrogen) atoms. The van der Waals surface area contributed by atoms with Crippen LogP contribution in [0.1, 0.15) is 30.0 Å². The van der Waals surface area contributed by atoms with E-state index in [4.69, 9.17) is 0 Å². The highest BCUT2D eigenvalue weighted by molar-refractivity contribution is 5.94. The van der Waals surface area contributed by atoms with E-state index in [1.165, 1.54) is 0 Å². The fourth-order valence-corrected chi connectivity index (χ4v) is 3.31. The first-order valence-electron chi connectivity index (χ1n) is 9.55. The minimum Gasteiger partial charge on any atom is -0.329 e. The number of fused-ring (bicyclic) bond motifs is 1. The second kappa shape index (κ2) is 7.75. The molecule has 0 saturated heterocycles. The Bertz CT molecular complexity index is 1190. The zero-order valence-electron chi connectivity index (χ0n) is 16.4. The summed E-state index contributed by atoms with van der Waals surface area (Å²) in [6.07, 6.45) is 3.91. The molecule has 1 amide bonds. The van der Waals surface area contributed by atoms with Crippen molar-refractivity contribution >= 4 is 16.8 Å². The summed E-state index contributed by atoms with van der Waals surface area (Å²) in [7, 11) is 0. The van der Waals surface area contributed by atoms with Crippen molar-refractivity contribution in [1.82, 2.24) is 19.4 Å². The third kappa shape index (κ3) is 3.82. The number of aromatic nitrogens is 3. The second-order valence-electron chi connectivity index (χ2n) is 7.19. The van der Waals surface area contributed by atoms with Gasteiger partial charge in [0.25, 0.3) is 11.5 Å². The van der Waals surface area contributed by atoms with Gasteiger partial charge in [0, 0.05) is 29.7 Å². The minimum atomic E-state index is -0.196. The van der Waals surface area contributed by atoms with Crippen molar-refractivity contribution in [3.8, 4) is 5.69 Å². The number of carbonyl (C=O) groups excluding carboxylic acids is 1. The van der Waals surface area contributed by atoms with E-state index in [1.807, 2.05) is 73.3 Å². The van der Waals surface area contributed by atoms with Gasteiger partial charge in [-0.1, -0.05) is 12.1 Å². The number of para-hydroxylation sites is 1. The lowest BCUT2D eigenvalue weighted by atomic mass is 10.1. The Labute approximate surface area is 168 Å². The number of carbonyl (C=O) groups is 1. The van der Waals surface area contributed by atoms with Crippen LogP contribution in [0.3, 0.4) is 0 Å². The number of rotatable bonds is 5. The summed E-state index contributed by atoms with van der Waals surface area (Å²) >= 11 is 0. The topological polar surface area (TPSA) is 71.0 Å². The lowest BCUT2D eigenvalue weighted by molar-refractivity contribution is 0.0685. The molecule has 0 saturated carbocycles. The van der Waals surface area contributed by atoms with Gasteiger partial charge in [0.1, 0.15) is 5.82 Å². The minimum absolute atomic E-state index is 0.0524. The largest absolute Gasteiger partial charge is 0.329 e. The van der Waals surface area contributed by atoms with Crippen LogP contribution in [-0.4, -0.2) is 31.4 Å². The number of aromatic amines is 1. The van der Waals surface area contributed by atoms with Gasteiger partial charge in [-0.3, -0.25) is 9.59 Å². The van der Waals surface area contributed by atoms with Gasteiger partial charge in [-0.2, -0.15) is 0 Å². The van der Waals surface area contributed by atoms with Gasteiger partial charge >= 0.3 is 0 Å². The first-order chi connectivity index (χ1) is 14.0. The van der Waals surface area contributed by atoms with Gasteiger partial charge in [0.05, 0.1) is 17.4 Å². The number of benzene rings is 2. The lowest BCUT2D eigenvalue weighted by Crippen LogP contribution is -2.37. The summed E-state index contributed by atoms with van der Waals surface area (Å²) in [5.74, 6) is 0.370. The molecule has 0 fully saturated rings. The summed E-state index contributed by atoms with van der Waals surface area (Å²) in [5, 5.41) is 0.541. The number of H-pyrrole nitrogens is 1. The van der Waals surface area contributed by atoms with Crippen molar-refractivity contribution in [2.45, 2.75) is 26.4 Å². The van der Waals surface area contributed by atoms with Crippen LogP contribution in [0.25, 0.3) is 16.6 Å². The fourth-order valence-electron chi connectivity index (χ4n) is 3.31. The average molecular weight is 386 g/mol. The Morgan fingerprint density at radius 3 is 2.41 bits per heavy atom. The highest BCUT2D eigenvalue weighted by Crippen LogP contribution is 2.15. The summed E-state index contributed by atoms with van der Waals surface area (Å²) in [5.41, 5.74) is 2.01. The number of nitrogens with one attached hydrogen (secondary N) is 1. The van der Waals surface area contributed by atoms with E-state index in [1.54, 1.807) is 23.1 Å². The highest BCUT2D eigenvalue weighted by atomic mass is 16.2. The van der Waals surface area contributed by atoms with Gasteiger partial charge in [-0.05, 0) is 62.4 Å². The standard InChI is InChI=1S/C23H22N4O2/c1-16(2)27(15-21-24-20-8-4-3-7-19(20)22(28)25-21)23(29)17-9-11-18(12-10-17)26-13-5-6-14-26/h3-14,16H,15H2,1-2H3,(H,24,25,28). The van der Waals surface area contributed by atoms with Crippen LogP contribution in [-0.2, 0) is 6.54 Å². The van der Waals surface area contributed by atoms with Crippen molar-refractivity contribution in [3.05, 3.63) is 94.8 Å². The van der Waals surface area contributed by atoms with Crippen molar-refractivity contribution < 1.29 is 4.79 Å². The predicted octanol–water partition coefficient (Wildman–Crippen LogP) is 3.76. The number of amides is 1. The predicted molar refractivity (Wildman–Crippen MR) is 113 cm³/mol. The molecule has 2 aromatic carbocycles. The number of hydrogen-bond acceptors (Lipinski definition) is 3. The number of hydrogen-bond donors (Lipinski definition) is 1. The maximum atomic E-state index is 13.1. The Morgan fingerprint density at radius 1 is 1.03 bits per heavy atom. The Hall–Kier alpha value is -3.67. The SMILES string of the molecule is CC(C)N(Cc1nc2ccccc2c(=O)[nH]1)C(=O)c1ccc(-n2cccc2)cc1. The van der Waals surface area contributed by atoms with E-state index in [0.29, 0.717) is 22.3 Å². The van der Waals surface area contributed by atoms with Crippen molar-refractivity contribution in [2.75, 3.05) is 0 Å². The zero-order valence-corrected chi connectivity index (χ0v) is 16.4. The molecular formula is C23H22N4O2. The first kappa shape index (κ1) is 18.7. The smallest absolute Gasteiger partial charge is 0.258 e. The summed E-state index contributed by atoms with van der Waals surface area (Å²) < 4.78 is 1.98. The van der Waals surface area contributed by atoms with E-state index < -0.39 is 0 Å². The van der Waals surface area contributed by atoms with Gasteiger partial charge < -0.3 is 14.5 Å². The molecule has 1 N–H and O–H groups in total. The molecule has 4 rings (SSSR count). The fraction of sp³-hybridized carbons (Fsp3) is 0.174. The molecule has 6 nitrogen and oxygen atoms in total. The molecule has 0 radical (unpaired) electrons. The molecule has 0 spiro atoms. The molecule has 2 heterocycles. The normalized spacial score (nSPS) is 11.1. The van der Waals surface area contributed by atoms with E-state index in [9.17, 15) is 9.59 Å². The maximum absolute atomic E-state index is 13.1. The Morgan fingerprint density at radius 2 is 1.72 bits per heavy atom. The van der Waals surface area contributed by atoms with E-state index in [0.717, 1.165) is 5.69 Å². The maximum Gasteiger partial charge on any atom is 0.258 e. The molecule has 0 aliphatic carbocycles. The van der Waals surface area contributed by atoms with Gasteiger partial charge in [-0.25, -0.2) is 4.98 Å². The summed E-state index contributed by atoms with van der Waals surface area (Å²) in [4.78, 5) is 34.5. The molecule has 0 aliphatic heterocycles. The third-order valence-electron chi connectivity index (χ3n) is 4.88. The van der Waals surface area contributed by atoms with E-state index in [2.05, 4.69) is 9.97 Å². The van der Waals surface area contributed by atoms with Crippen LogP contribution < -0.4 is 5.56 Å². The first-order valence-corrected chi connectivity index (χ1v) is 9.55. The van der Waals surface area contributed by atoms with Crippen LogP contribution in [0.4, 0.5) is 0 Å². The van der Waals surface area contributed by atoms with Gasteiger partial charge in [-0.15, -0.1) is 0 Å². The molecule has 0 bridgehead atoms. The molecule has 2 aromatic heterocycles. The van der Waals surface area contributed by atoms with E-state index >= 15 is 0 Å². The van der Waals surface area contributed by atoms with Crippen molar-refractivity contribution in [1.29, 1.82) is 0 Å². The highest BCUT2D eigenvalue weighted by Gasteiger charge is 2.20. The zero-order chi connectivity index (χ0) is 20.4. The second-order valence-corrected chi connectivity index (χ2v) is 7.19. The van der Waals surface area contributed by atoms with Crippen molar-refractivity contribution in [3.63, 3.8) is 0 Å². The quantitative estimate of drug-likeness (QED) is 0.568. The van der Waals surface area contributed by atoms with Crippen LogP contribution in [0.15, 0.2) is 77.9 Å². The summed E-state index contributed by atoms with van der Waals surface area (Å²) in [6.45, 7) is 4.13. The number of nitrogens with zero attached hydrogens (tertiary/aromatic N) is 3. The lowest BCUT2D eigenvalue weighted by Gasteiger charge is -2.26. The van der Waals surface area contributed by atoms with Crippen LogP contribution >= 0.6 is 0 Å².